The van der Waals surface area contributed by atoms with Gasteiger partial charge in [-0.2, -0.15) is 0 Å². The molecular weight excluding hydrogens is 393 g/mol. The molecule has 158 valence electrons. The van der Waals surface area contributed by atoms with E-state index in [9.17, 15) is 13.2 Å². The van der Waals surface area contributed by atoms with Gasteiger partial charge in [0.1, 0.15) is 0 Å². The summed E-state index contributed by atoms with van der Waals surface area (Å²) in [5.41, 5.74) is 2.88. The maximum Gasteiger partial charge on any atom is 0.195 e. The van der Waals surface area contributed by atoms with Gasteiger partial charge in [-0.1, -0.05) is 36.1 Å². The van der Waals surface area contributed by atoms with Gasteiger partial charge >= 0.3 is 0 Å². The molecule has 0 atom stereocenters. The van der Waals surface area contributed by atoms with Crippen LogP contribution in [0.4, 0.5) is 13.2 Å². The fourth-order valence-corrected chi connectivity index (χ4v) is 4.50. The summed E-state index contributed by atoms with van der Waals surface area (Å²) < 4.78 is 40.7. The van der Waals surface area contributed by atoms with Crippen LogP contribution in [0.15, 0.2) is 61.2 Å². The predicted molar refractivity (Wildman–Crippen MR) is 120 cm³/mol. The van der Waals surface area contributed by atoms with Crippen LogP contribution in [0.3, 0.4) is 0 Å². The van der Waals surface area contributed by atoms with Crippen LogP contribution >= 0.6 is 0 Å². The highest BCUT2D eigenvalue weighted by molar-refractivity contribution is 5.84. The maximum absolute atomic E-state index is 13.9. The number of rotatable bonds is 4. The molecule has 0 amide bonds. The van der Waals surface area contributed by atoms with Gasteiger partial charge in [-0.25, -0.2) is 13.2 Å². The fraction of sp³-hybridized carbons (Fsp3) is 0.286. The van der Waals surface area contributed by atoms with Crippen molar-refractivity contribution in [1.29, 1.82) is 0 Å². The summed E-state index contributed by atoms with van der Waals surface area (Å²) in [5.74, 6) is 3.78. The van der Waals surface area contributed by atoms with E-state index in [1.54, 1.807) is 12.1 Å². The lowest BCUT2D eigenvalue weighted by molar-refractivity contribution is 0.312. The maximum atomic E-state index is 13.9. The number of fused-ring (bicyclic) bond motifs is 1. The number of hydrogen-bond acceptors (Lipinski definition) is 0. The fourth-order valence-electron chi connectivity index (χ4n) is 4.50. The third-order valence-electron chi connectivity index (χ3n) is 6.33. The second-order valence-corrected chi connectivity index (χ2v) is 8.38. The van der Waals surface area contributed by atoms with Gasteiger partial charge in [0.25, 0.3) is 0 Å². The lowest BCUT2D eigenvalue weighted by Gasteiger charge is -2.28. The Kier molecular flexibility index (Phi) is 6.47. The number of halogens is 3. The molecule has 0 spiro atoms. The molecule has 3 heteroatoms. The molecule has 3 aromatic carbocycles. The lowest BCUT2D eigenvalue weighted by atomic mass is 9.77. The highest BCUT2D eigenvalue weighted by Crippen LogP contribution is 2.37. The zero-order valence-corrected chi connectivity index (χ0v) is 17.4. The monoisotopic (exact) mass is 418 g/mol. The molecule has 1 fully saturated rings. The number of benzene rings is 3. The van der Waals surface area contributed by atoms with Gasteiger partial charge < -0.3 is 0 Å². The molecule has 0 unspecified atom stereocenters. The normalized spacial score (nSPS) is 18.4. The lowest BCUT2D eigenvalue weighted by Crippen LogP contribution is -2.13. The molecule has 0 radical (unpaired) electrons. The van der Waals surface area contributed by atoms with Gasteiger partial charge in [0.05, 0.1) is 0 Å². The zero-order chi connectivity index (χ0) is 21.8. The van der Waals surface area contributed by atoms with Crippen molar-refractivity contribution in [2.45, 2.75) is 44.4 Å². The molecular formula is C28H25F3. The molecule has 1 saturated carbocycles. The standard InChI is InChI=1S/C28H25F3/c1-2-3-4-19-7-12-22(13-8-19)23-14-9-20(10-15-23)5-6-21-11-16-25-24(17-21)18-26(29)28(31)27(25)30/h2,9-11,14-19,22H,1,3-4,7-8,12-13H2. The van der Waals surface area contributed by atoms with Gasteiger partial charge in [0.2, 0.25) is 0 Å². The summed E-state index contributed by atoms with van der Waals surface area (Å²) in [7, 11) is 0. The summed E-state index contributed by atoms with van der Waals surface area (Å²) in [6.07, 6.45) is 9.42. The minimum atomic E-state index is -1.45. The number of hydrogen-bond donors (Lipinski definition) is 0. The minimum Gasteiger partial charge on any atom is -0.204 e. The molecule has 0 aromatic heterocycles. The topological polar surface area (TPSA) is 0 Å². The Morgan fingerprint density at radius 1 is 0.839 bits per heavy atom. The second-order valence-electron chi connectivity index (χ2n) is 8.38. The molecule has 4 rings (SSSR count). The minimum absolute atomic E-state index is 0.0491. The van der Waals surface area contributed by atoms with Crippen molar-refractivity contribution in [3.63, 3.8) is 0 Å². The van der Waals surface area contributed by atoms with Gasteiger partial charge in [0.15, 0.2) is 17.5 Å². The van der Waals surface area contributed by atoms with E-state index < -0.39 is 17.5 Å². The molecule has 3 aromatic rings. The van der Waals surface area contributed by atoms with Crippen LogP contribution in [-0.2, 0) is 0 Å². The second kappa shape index (κ2) is 9.43. The first-order valence-corrected chi connectivity index (χ1v) is 10.9. The molecule has 1 aliphatic rings. The Morgan fingerprint density at radius 3 is 2.23 bits per heavy atom. The van der Waals surface area contributed by atoms with Crippen LogP contribution in [0.25, 0.3) is 10.8 Å². The van der Waals surface area contributed by atoms with Gasteiger partial charge in [-0.3, -0.25) is 0 Å². The van der Waals surface area contributed by atoms with Crippen LogP contribution < -0.4 is 0 Å². The van der Waals surface area contributed by atoms with E-state index in [4.69, 9.17) is 0 Å². The number of allylic oxidation sites excluding steroid dienone is 1. The van der Waals surface area contributed by atoms with E-state index in [1.165, 1.54) is 43.7 Å². The van der Waals surface area contributed by atoms with Gasteiger partial charge in [0, 0.05) is 16.5 Å². The van der Waals surface area contributed by atoms with E-state index >= 15 is 0 Å². The van der Waals surface area contributed by atoms with Crippen molar-refractivity contribution in [1.82, 2.24) is 0 Å². The van der Waals surface area contributed by atoms with Crippen molar-refractivity contribution in [2.24, 2.45) is 5.92 Å². The summed E-state index contributed by atoms with van der Waals surface area (Å²) >= 11 is 0. The van der Waals surface area contributed by atoms with E-state index in [-0.39, 0.29) is 5.39 Å². The van der Waals surface area contributed by atoms with Crippen LogP contribution in [0.1, 0.15) is 61.1 Å². The van der Waals surface area contributed by atoms with Crippen molar-refractivity contribution >= 4 is 10.8 Å². The summed E-state index contributed by atoms with van der Waals surface area (Å²) in [6.45, 7) is 3.82. The van der Waals surface area contributed by atoms with E-state index in [1.807, 2.05) is 18.2 Å². The van der Waals surface area contributed by atoms with E-state index in [0.29, 0.717) is 16.9 Å². The van der Waals surface area contributed by atoms with Crippen LogP contribution in [-0.4, -0.2) is 0 Å². The van der Waals surface area contributed by atoms with Crippen molar-refractivity contribution in [3.8, 4) is 11.8 Å². The first-order chi connectivity index (χ1) is 15.0. The van der Waals surface area contributed by atoms with E-state index in [0.717, 1.165) is 24.0 Å². The quantitative estimate of drug-likeness (QED) is 0.229. The largest absolute Gasteiger partial charge is 0.204 e. The SMILES string of the molecule is C=CCCC1CCC(c2ccc(C#Cc3ccc4c(F)c(F)c(F)cc4c3)cc2)CC1. The zero-order valence-electron chi connectivity index (χ0n) is 17.4. The Morgan fingerprint density at radius 2 is 1.52 bits per heavy atom. The Balaban J connectivity index is 1.44. The average Bonchev–Trinajstić information content (AvgIpc) is 2.80. The summed E-state index contributed by atoms with van der Waals surface area (Å²) in [5, 5.41) is 0.343. The third-order valence-corrected chi connectivity index (χ3v) is 6.33. The van der Waals surface area contributed by atoms with Gasteiger partial charge in [-0.15, -0.1) is 6.58 Å². The molecule has 1 aliphatic carbocycles. The molecule has 0 heterocycles. The molecule has 0 saturated heterocycles. The van der Waals surface area contributed by atoms with Crippen LogP contribution in [0, 0.1) is 35.2 Å². The summed E-state index contributed by atoms with van der Waals surface area (Å²) in [6, 6.07) is 14.0. The van der Waals surface area contributed by atoms with Crippen molar-refractivity contribution in [2.75, 3.05) is 0 Å². The van der Waals surface area contributed by atoms with Crippen molar-refractivity contribution in [3.05, 3.63) is 95.3 Å². The van der Waals surface area contributed by atoms with Crippen molar-refractivity contribution < 1.29 is 13.2 Å². The van der Waals surface area contributed by atoms with E-state index in [2.05, 4.69) is 30.6 Å². The third kappa shape index (κ3) is 4.85. The Hall–Kier alpha value is -2.99. The summed E-state index contributed by atoms with van der Waals surface area (Å²) in [4.78, 5) is 0. The highest BCUT2D eigenvalue weighted by Gasteiger charge is 2.21. The predicted octanol–water partition coefficient (Wildman–Crippen LogP) is 7.90. The highest BCUT2D eigenvalue weighted by atomic mass is 19.2. The first-order valence-electron chi connectivity index (χ1n) is 10.9. The molecule has 0 N–H and O–H groups in total. The molecule has 0 bridgehead atoms. The first kappa shape index (κ1) is 21.2. The Labute approximate surface area is 181 Å². The van der Waals surface area contributed by atoms with Crippen LogP contribution in [0.2, 0.25) is 0 Å². The average molecular weight is 419 g/mol. The molecule has 0 nitrogen and oxygen atoms in total. The molecule has 0 aliphatic heterocycles. The van der Waals surface area contributed by atoms with Crippen LogP contribution in [0.5, 0.6) is 0 Å². The Bertz CT molecular complexity index is 1140. The smallest absolute Gasteiger partial charge is 0.195 e. The molecule has 31 heavy (non-hydrogen) atoms. The van der Waals surface area contributed by atoms with Gasteiger partial charge in [-0.05, 0) is 91.6 Å².